The Bertz CT molecular complexity index is 384. The third-order valence-corrected chi connectivity index (χ3v) is 4.41. The van der Waals surface area contributed by atoms with Crippen LogP contribution in [0.2, 0.25) is 0 Å². The molecule has 1 heterocycles. The molecule has 0 radical (unpaired) electrons. The van der Waals surface area contributed by atoms with Gasteiger partial charge in [-0.2, -0.15) is 0 Å². The van der Waals surface area contributed by atoms with Crippen molar-refractivity contribution in [3.8, 4) is 0 Å². The van der Waals surface area contributed by atoms with Gasteiger partial charge in [0.15, 0.2) is 0 Å². The number of benzene rings is 1. The highest BCUT2D eigenvalue weighted by atomic mass is 79.9. The van der Waals surface area contributed by atoms with E-state index in [1.165, 1.54) is 16.5 Å². The SMILES string of the molecule is CCC(C)[C@H](c1cccc(Br)c1)N1CCNCC1.Cl.Cl. The second kappa shape index (κ2) is 10.0. The predicted molar refractivity (Wildman–Crippen MR) is 95.3 cm³/mol. The minimum absolute atomic E-state index is 0. The molecule has 2 atom stereocenters. The van der Waals surface area contributed by atoms with Crippen molar-refractivity contribution in [2.75, 3.05) is 26.2 Å². The maximum Gasteiger partial charge on any atom is 0.0375 e. The fourth-order valence-electron chi connectivity index (χ4n) is 2.77. The van der Waals surface area contributed by atoms with Gasteiger partial charge in [-0.1, -0.05) is 48.3 Å². The lowest BCUT2D eigenvalue weighted by molar-refractivity contribution is 0.128. The minimum atomic E-state index is 0. The van der Waals surface area contributed by atoms with E-state index in [9.17, 15) is 0 Å². The van der Waals surface area contributed by atoms with Gasteiger partial charge in [0.05, 0.1) is 0 Å². The third-order valence-electron chi connectivity index (χ3n) is 3.92. The molecule has 0 amide bonds. The van der Waals surface area contributed by atoms with Crippen molar-refractivity contribution in [3.63, 3.8) is 0 Å². The van der Waals surface area contributed by atoms with Crippen LogP contribution in [0.5, 0.6) is 0 Å². The van der Waals surface area contributed by atoms with Gasteiger partial charge < -0.3 is 5.32 Å². The average molecular weight is 384 g/mol. The molecule has 1 saturated heterocycles. The first-order chi connectivity index (χ1) is 8.72. The van der Waals surface area contributed by atoms with E-state index >= 15 is 0 Å². The van der Waals surface area contributed by atoms with Crippen molar-refractivity contribution in [3.05, 3.63) is 34.3 Å². The van der Waals surface area contributed by atoms with Gasteiger partial charge in [0.25, 0.3) is 0 Å². The largest absolute Gasteiger partial charge is 0.314 e. The smallest absolute Gasteiger partial charge is 0.0375 e. The summed E-state index contributed by atoms with van der Waals surface area (Å²) in [5, 5.41) is 3.44. The van der Waals surface area contributed by atoms with Crippen molar-refractivity contribution in [1.82, 2.24) is 10.2 Å². The quantitative estimate of drug-likeness (QED) is 0.834. The second-order valence-electron chi connectivity index (χ2n) is 5.17. The van der Waals surface area contributed by atoms with E-state index in [0.717, 1.165) is 26.2 Å². The Morgan fingerprint density at radius 3 is 2.45 bits per heavy atom. The Kier molecular flexibility index (Phi) is 10.1. The van der Waals surface area contributed by atoms with Gasteiger partial charge in [0, 0.05) is 36.7 Å². The normalized spacial score (nSPS) is 18.6. The highest BCUT2D eigenvalue weighted by Gasteiger charge is 2.26. The number of piperazine rings is 1. The molecule has 1 N–H and O–H groups in total. The molecule has 20 heavy (non-hydrogen) atoms. The van der Waals surface area contributed by atoms with Crippen LogP contribution in [0.3, 0.4) is 0 Å². The summed E-state index contributed by atoms with van der Waals surface area (Å²) in [6.45, 7) is 9.19. The molecule has 116 valence electrons. The summed E-state index contributed by atoms with van der Waals surface area (Å²) in [6.07, 6.45) is 1.22. The van der Waals surface area contributed by atoms with Crippen LogP contribution in [0, 0.1) is 5.92 Å². The summed E-state index contributed by atoms with van der Waals surface area (Å²) >= 11 is 3.59. The van der Waals surface area contributed by atoms with Gasteiger partial charge >= 0.3 is 0 Å². The van der Waals surface area contributed by atoms with Crippen LogP contribution in [0.1, 0.15) is 31.9 Å². The summed E-state index contributed by atoms with van der Waals surface area (Å²) in [5.41, 5.74) is 1.45. The number of nitrogens with zero attached hydrogens (tertiary/aromatic N) is 1. The molecular formula is C15H25BrCl2N2. The first kappa shape index (κ1) is 20.2. The van der Waals surface area contributed by atoms with Gasteiger partial charge in [-0.15, -0.1) is 24.8 Å². The topological polar surface area (TPSA) is 15.3 Å². The molecule has 5 heteroatoms. The van der Waals surface area contributed by atoms with E-state index in [1.54, 1.807) is 0 Å². The van der Waals surface area contributed by atoms with Crippen molar-refractivity contribution >= 4 is 40.7 Å². The Labute approximate surface area is 143 Å². The maximum atomic E-state index is 3.59. The number of nitrogens with one attached hydrogen (secondary N) is 1. The molecule has 2 rings (SSSR count). The third kappa shape index (κ3) is 5.19. The number of halogens is 3. The van der Waals surface area contributed by atoms with E-state index in [1.807, 2.05) is 0 Å². The van der Waals surface area contributed by atoms with Crippen LogP contribution in [-0.4, -0.2) is 31.1 Å². The van der Waals surface area contributed by atoms with Crippen LogP contribution >= 0.6 is 40.7 Å². The fraction of sp³-hybridized carbons (Fsp3) is 0.600. The van der Waals surface area contributed by atoms with Gasteiger partial charge in [0.1, 0.15) is 0 Å². The van der Waals surface area contributed by atoms with E-state index in [2.05, 4.69) is 64.3 Å². The molecule has 0 spiro atoms. The van der Waals surface area contributed by atoms with Crippen LogP contribution in [-0.2, 0) is 0 Å². The maximum absolute atomic E-state index is 3.59. The van der Waals surface area contributed by atoms with Gasteiger partial charge in [-0.3, -0.25) is 4.90 Å². The summed E-state index contributed by atoms with van der Waals surface area (Å²) in [7, 11) is 0. The molecule has 1 aliphatic heterocycles. The monoisotopic (exact) mass is 382 g/mol. The molecule has 0 saturated carbocycles. The van der Waals surface area contributed by atoms with Crippen molar-refractivity contribution < 1.29 is 0 Å². The first-order valence-corrected chi connectivity index (χ1v) is 7.72. The predicted octanol–water partition coefficient (Wildman–Crippen LogP) is 4.29. The molecular weight excluding hydrogens is 359 g/mol. The Morgan fingerprint density at radius 1 is 1.25 bits per heavy atom. The number of rotatable bonds is 4. The van der Waals surface area contributed by atoms with E-state index in [0.29, 0.717) is 12.0 Å². The highest BCUT2D eigenvalue weighted by Crippen LogP contribution is 2.32. The molecule has 0 bridgehead atoms. The molecule has 2 nitrogen and oxygen atoms in total. The van der Waals surface area contributed by atoms with E-state index in [4.69, 9.17) is 0 Å². The van der Waals surface area contributed by atoms with Crippen molar-refractivity contribution in [2.24, 2.45) is 5.92 Å². The second-order valence-corrected chi connectivity index (χ2v) is 6.09. The first-order valence-electron chi connectivity index (χ1n) is 6.92. The summed E-state index contributed by atoms with van der Waals surface area (Å²) < 4.78 is 1.18. The van der Waals surface area contributed by atoms with Crippen LogP contribution < -0.4 is 5.32 Å². The average Bonchev–Trinajstić information content (AvgIpc) is 2.40. The van der Waals surface area contributed by atoms with Crippen LogP contribution in [0.25, 0.3) is 0 Å². The van der Waals surface area contributed by atoms with E-state index in [-0.39, 0.29) is 24.8 Å². The van der Waals surface area contributed by atoms with Gasteiger partial charge in [0.2, 0.25) is 0 Å². The molecule has 1 aromatic carbocycles. The number of hydrogen-bond acceptors (Lipinski definition) is 2. The Balaban J connectivity index is 0.00000180. The zero-order valence-electron chi connectivity index (χ0n) is 12.1. The van der Waals surface area contributed by atoms with Crippen molar-refractivity contribution in [2.45, 2.75) is 26.3 Å². The molecule has 1 aromatic rings. The summed E-state index contributed by atoms with van der Waals surface area (Å²) in [6, 6.07) is 9.35. The number of hydrogen-bond donors (Lipinski definition) is 1. The van der Waals surface area contributed by atoms with Crippen LogP contribution in [0.15, 0.2) is 28.7 Å². The molecule has 1 aliphatic rings. The van der Waals surface area contributed by atoms with Gasteiger partial charge in [-0.05, 0) is 23.6 Å². The zero-order chi connectivity index (χ0) is 13.0. The summed E-state index contributed by atoms with van der Waals surface area (Å²) in [5.74, 6) is 0.692. The zero-order valence-corrected chi connectivity index (χ0v) is 15.4. The lowest BCUT2D eigenvalue weighted by Gasteiger charge is -2.38. The van der Waals surface area contributed by atoms with Crippen LogP contribution in [0.4, 0.5) is 0 Å². The van der Waals surface area contributed by atoms with E-state index < -0.39 is 0 Å². The lowest BCUT2D eigenvalue weighted by Crippen LogP contribution is -2.46. The fourth-order valence-corrected chi connectivity index (χ4v) is 3.19. The lowest BCUT2D eigenvalue weighted by atomic mass is 9.90. The van der Waals surface area contributed by atoms with Gasteiger partial charge in [-0.25, -0.2) is 0 Å². The molecule has 0 aromatic heterocycles. The summed E-state index contributed by atoms with van der Waals surface area (Å²) in [4.78, 5) is 2.63. The molecule has 1 fully saturated rings. The standard InChI is InChI=1S/C15H23BrN2.2ClH/c1-3-12(2)15(18-9-7-17-8-10-18)13-5-4-6-14(16)11-13;;/h4-6,11-12,15,17H,3,7-10H2,1-2H3;2*1H/t12?,15-;;/m1../s1. The minimum Gasteiger partial charge on any atom is -0.314 e. The van der Waals surface area contributed by atoms with Crippen molar-refractivity contribution in [1.29, 1.82) is 0 Å². The Morgan fingerprint density at radius 2 is 1.90 bits per heavy atom. The molecule has 1 unspecified atom stereocenters. The highest BCUT2D eigenvalue weighted by molar-refractivity contribution is 9.10. The molecule has 0 aliphatic carbocycles. The Hall–Kier alpha value is 0.200.